The molecule has 10 aromatic rings. The van der Waals surface area contributed by atoms with Crippen LogP contribution in [0.2, 0.25) is 0 Å². The van der Waals surface area contributed by atoms with E-state index in [2.05, 4.69) is 252 Å². The molecule has 0 amide bonds. The predicted octanol–water partition coefficient (Wildman–Crippen LogP) is 15.9. The summed E-state index contributed by atoms with van der Waals surface area (Å²) in [5.74, 6) is 0. The second-order valence-corrected chi connectivity index (χ2v) is 14.6. The van der Waals surface area contributed by atoms with Crippen molar-refractivity contribution in [2.24, 2.45) is 0 Å². The van der Waals surface area contributed by atoms with E-state index >= 15 is 0 Å². The molecule has 0 aliphatic heterocycles. The smallest absolute Gasteiger partial charge is 0.0482 e. The van der Waals surface area contributed by atoms with Gasteiger partial charge in [-0.2, -0.15) is 0 Å². The lowest BCUT2D eigenvalue weighted by Crippen LogP contribution is -2.13. The van der Waals surface area contributed by atoms with Crippen LogP contribution in [0.25, 0.3) is 54.9 Å². The molecule has 0 aromatic heterocycles. The van der Waals surface area contributed by atoms with E-state index in [-0.39, 0.29) is 0 Å². The van der Waals surface area contributed by atoms with Gasteiger partial charge >= 0.3 is 0 Å². The summed E-state index contributed by atoms with van der Waals surface area (Å²) in [5.41, 5.74) is 13.7. The molecule has 0 N–H and O–H groups in total. The van der Waals surface area contributed by atoms with E-state index in [1.54, 1.807) is 0 Å². The van der Waals surface area contributed by atoms with Crippen LogP contribution in [0.4, 0.5) is 34.1 Å². The van der Waals surface area contributed by atoms with Crippen LogP contribution in [0, 0.1) is 0 Å². The molecule has 0 saturated heterocycles. The lowest BCUT2D eigenvalue weighted by Gasteiger charge is -2.29. The molecule has 2 nitrogen and oxygen atoms in total. The molecule has 0 spiro atoms. The number of fused-ring (bicyclic) bond motifs is 2. The Morgan fingerprint density at radius 2 is 0.552 bits per heavy atom. The minimum Gasteiger partial charge on any atom is -0.310 e. The maximum Gasteiger partial charge on any atom is 0.0482 e. The quantitative estimate of drug-likeness (QED) is 0.145. The Kier molecular flexibility index (Phi) is 9.27. The molecule has 0 aliphatic rings. The first-order chi connectivity index (χ1) is 28.7. The van der Waals surface area contributed by atoms with Crippen LogP contribution in [0.15, 0.2) is 243 Å². The second-order valence-electron chi connectivity index (χ2n) is 14.6. The van der Waals surface area contributed by atoms with Crippen molar-refractivity contribution in [2.45, 2.75) is 0 Å². The number of anilines is 6. The van der Waals surface area contributed by atoms with Crippen molar-refractivity contribution in [1.82, 2.24) is 0 Å². The van der Waals surface area contributed by atoms with E-state index < -0.39 is 0 Å². The first-order valence-corrected chi connectivity index (χ1v) is 19.8. The average Bonchev–Trinajstić information content (AvgIpc) is 3.30. The normalized spacial score (nSPS) is 11.1. The zero-order valence-electron chi connectivity index (χ0n) is 32.0. The molecule has 0 radical (unpaired) electrons. The summed E-state index contributed by atoms with van der Waals surface area (Å²) in [4.78, 5) is 4.68. The van der Waals surface area contributed by atoms with Gasteiger partial charge in [-0.3, -0.25) is 0 Å². The lowest BCUT2D eigenvalue weighted by atomic mass is 9.90. The molecule has 0 saturated carbocycles. The Hall–Kier alpha value is -7.68. The van der Waals surface area contributed by atoms with E-state index in [1.807, 2.05) is 0 Å². The topological polar surface area (TPSA) is 6.48 Å². The van der Waals surface area contributed by atoms with Crippen LogP contribution < -0.4 is 9.80 Å². The predicted molar refractivity (Wildman–Crippen MR) is 247 cm³/mol. The largest absolute Gasteiger partial charge is 0.310 e. The third-order valence-electron chi connectivity index (χ3n) is 11.0. The fraction of sp³-hybridized carbons (Fsp3) is 0. The highest BCUT2D eigenvalue weighted by Crippen LogP contribution is 2.43. The fourth-order valence-corrected chi connectivity index (χ4v) is 8.12. The molecule has 58 heavy (non-hydrogen) atoms. The van der Waals surface area contributed by atoms with E-state index in [9.17, 15) is 0 Å². The van der Waals surface area contributed by atoms with Gasteiger partial charge in [-0.1, -0.05) is 158 Å². The van der Waals surface area contributed by atoms with E-state index in [0.29, 0.717) is 0 Å². The number of para-hydroxylation sites is 2. The van der Waals surface area contributed by atoms with Gasteiger partial charge in [0.05, 0.1) is 0 Å². The summed E-state index contributed by atoms with van der Waals surface area (Å²) in [6, 6.07) is 87.3. The SMILES string of the molecule is c1ccc(-c2ccc(N(c3ccc(-c4cc5ccccc5cc4-c4ccc5ccccc5c4)cc3)c3cccc(N(c4ccccc4)c4ccccc4)c3)cc2)cc1. The molecule has 0 fully saturated rings. The molecule has 0 atom stereocenters. The van der Waals surface area contributed by atoms with Crippen LogP contribution in [-0.2, 0) is 0 Å². The van der Waals surface area contributed by atoms with E-state index in [4.69, 9.17) is 0 Å². The number of rotatable bonds is 9. The van der Waals surface area contributed by atoms with E-state index in [0.717, 1.165) is 34.1 Å². The summed E-state index contributed by atoms with van der Waals surface area (Å²) in [6.07, 6.45) is 0. The minimum absolute atomic E-state index is 1.07. The minimum atomic E-state index is 1.07. The number of hydrogen-bond donors (Lipinski definition) is 0. The molecular formula is C56H40N2. The van der Waals surface area contributed by atoms with Gasteiger partial charge in [-0.15, -0.1) is 0 Å². The Bertz CT molecular complexity index is 2940. The molecule has 2 heteroatoms. The Morgan fingerprint density at radius 3 is 1.09 bits per heavy atom. The fourth-order valence-electron chi connectivity index (χ4n) is 8.12. The Balaban J connectivity index is 1.10. The second kappa shape index (κ2) is 15.5. The van der Waals surface area contributed by atoms with Crippen molar-refractivity contribution in [3.63, 3.8) is 0 Å². The first-order valence-electron chi connectivity index (χ1n) is 19.8. The van der Waals surface area contributed by atoms with Gasteiger partial charge in [0.1, 0.15) is 0 Å². The van der Waals surface area contributed by atoms with Crippen molar-refractivity contribution in [3.05, 3.63) is 243 Å². The summed E-state index contributed by atoms with van der Waals surface area (Å²) < 4.78 is 0. The third-order valence-corrected chi connectivity index (χ3v) is 11.0. The third kappa shape index (κ3) is 6.89. The Morgan fingerprint density at radius 1 is 0.190 bits per heavy atom. The van der Waals surface area contributed by atoms with Gasteiger partial charge in [0.2, 0.25) is 0 Å². The molecule has 10 aromatic carbocycles. The molecule has 10 rings (SSSR count). The van der Waals surface area contributed by atoms with Crippen LogP contribution >= 0.6 is 0 Å². The first kappa shape index (κ1) is 34.8. The maximum atomic E-state index is 2.36. The van der Waals surface area contributed by atoms with Crippen LogP contribution in [0.5, 0.6) is 0 Å². The highest BCUT2D eigenvalue weighted by Gasteiger charge is 2.18. The van der Waals surface area contributed by atoms with Gasteiger partial charge in [0, 0.05) is 34.1 Å². The zero-order valence-corrected chi connectivity index (χ0v) is 32.0. The van der Waals surface area contributed by atoms with Gasteiger partial charge in [0.25, 0.3) is 0 Å². The summed E-state index contributed by atoms with van der Waals surface area (Å²) in [7, 11) is 0. The zero-order chi connectivity index (χ0) is 38.7. The van der Waals surface area contributed by atoms with Gasteiger partial charge in [0.15, 0.2) is 0 Å². The highest BCUT2D eigenvalue weighted by molar-refractivity contribution is 5.99. The van der Waals surface area contributed by atoms with Crippen LogP contribution in [0.3, 0.4) is 0 Å². The van der Waals surface area contributed by atoms with E-state index in [1.165, 1.54) is 54.9 Å². The standard InChI is InChI=1S/C56H40N2/c1-4-15-41(16-5-1)43-29-33-51(34-30-43)58(54-26-14-25-53(40-54)57(49-21-6-2-7-22-49)50-23-8-3-9-24-50)52-35-31-44(32-36-52)55-38-46-19-12-13-20-47(46)39-56(55)48-28-27-42-17-10-11-18-45(42)37-48/h1-40H. The van der Waals surface area contributed by atoms with Crippen molar-refractivity contribution in [3.8, 4) is 33.4 Å². The van der Waals surface area contributed by atoms with Crippen LogP contribution in [-0.4, -0.2) is 0 Å². The van der Waals surface area contributed by atoms with Gasteiger partial charge < -0.3 is 9.80 Å². The van der Waals surface area contributed by atoms with Crippen molar-refractivity contribution in [1.29, 1.82) is 0 Å². The number of nitrogens with zero attached hydrogens (tertiary/aromatic N) is 2. The number of benzene rings is 10. The molecular weight excluding hydrogens is 701 g/mol. The molecule has 0 unspecified atom stereocenters. The monoisotopic (exact) mass is 740 g/mol. The van der Waals surface area contributed by atoms with Crippen LogP contribution in [0.1, 0.15) is 0 Å². The summed E-state index contributed by atoms with van der Waals surface area (Å²) in [5, 5.41) is 4.94. The Labute approximate surface area is 340 Å². The summed E-state index contributed by atoms with van der Waals surface area (Å²) >= 11 is 0. The average molecular weight is 741 g/mol. The summed E-state index contributed by atoms with van der Waals surface area (Å²) in [6.45, 7) is 0. The molecule has 274 valence electrons. The van der Waals surface area contributed by atoms with Crippen molar-refractivity contribution in [2.75, 3.05) is 9.80 Å². The highest BCUT2D eigenvalue weighted by atomic mass is 15.2. The maximum absolute atomic E-state index is 2.36. The molecule has 0 bridgehead atoms. The molecule has 0 aliphatic carbocycles. The number of hydrogen-bond acceptors (Lipinski definition) is 2. The van der Waals surface area contributed by atoms with Crippen molar-refractivity contribution < 1.29 is 0 Å². The van der Waals surface area contributed by atoms with Gasteiger partial charge in [-0.05, 0) is 140 Å². The van der Waals surface area contributed by atoms with Crippen molar-refractivity contribution >= 4 is 55.7 Å². The van der Waals surface area contributed by atoms with Gasteiger partial charge in [-0.25, -0.2) is 0 Å². The lowest BCUT2D eigenvalue weighted by molar-refractivity contribution is 1.25. The molecule has 0 heterocycles.